The first-order valence-electron chi connectivity index (χ1n) is 9.79. The molecule has 1 aromatic carbocycles. The topological polar surface area (TPSA) is 63.3 Å². The molecule has 0 aromatic heterocycles. The van der Waals surface area contributed by atoms with E-state index in [1.807, 2.05) is 17.0 Å². The Labute approximate surface area is 161 Å². The van der Waals surface area contributed by atoms with Gasteiger partial charge in [0.1, 0.15) is 0 Å². The van der Waals surface area contributed by atoms with E-state index >= 15 is 0 Å². The van der Waals surface area contributed by atoms with Crippen LogP contribution < -0.4 is 14.8 Å². The smallest absolute Gasteiger partial charge is 0.317 e. The third-order valence-electron chi connectivity index (χ3n) is 5.37. The maximum atomic E-state index is 12.5. The second-order valence-corrected chi connectivity index (χ2v) is 7.01. The van der Waals surface area contributed by atoms with Crippen LogP contribution in [0.2, 0.25) is 0 Å². The van der Waals surface area contributed by atoms with Crippen LogP contribution in [0.15, 0.2) is 18.2 Å². The van der Waals surface area contributed by atoms with Gasteiger partial charge in [0.15, 0.2) is 11.5 Å². The number of morpholine rings is 1. The number of amides is 2. The number of rotatable bonds is 6. The minimum Gasteiger partial charge on any atom is -0.493 e. The van der Waals surface area contributed by atoms with Crippen molar-refractivity contribution in [2.24, 2.45) is 0 Å². The summed E-state index contributed by atoms with van der Waals surface area (Å²) in [4.78, 5) is 16.8. The summed E-state index contributed by atoms with van der Waals surface area (Å²) in [5.74, 6) is 1.44. The molecule has 0 radical (unpaired) electrons. The van der Waals surface area contributed by atoms with Gasteiger partial charge in [0.25, 0.3) is 0 Å². The van der Waals surface area contributed by atoms with Gasteiger partial charge in [0.2, 0.25) is 0 Å². The van der Waals surface area contributed by atoms with Crippen molar-refractivity contribution in [3.63, 3.8) is 0 Å². The third-order valence-corrected chi connectivity index (χ3v) is 5.37. The molecule has 2 saturated heterocycles. The molecule has 2 aliphatic rings. The average molecular weight is 377 g/mol. The zero-order valence-electron chi connectivity index (χ0n) is 16.4. The van der Waals surface area contributed by atoms with Crippen molar-refractivity contribution in [1.29, 1.82) is 0 Å². The summed E-state index contributed by atoms with van der Waals surface area (Å²) in [5.41, 5.74) is 1.14. The van der Waals surface area contributed by atoms with Crippen molar-refractivity contribution < 1.29 is 19.0 Å². The highest BCUT2D eigenvalue weighted by molar-refractivity contribution is 5.74. The fraction of sp³-hybridized carbons (Fsp3) is 0.650. The Bertz CT molecular complexity index is 613. The lowest BCUT2D eigenvalue weighted by molar-refractivity contribution is 0.0524. The number of ether oxygens (including phenoxy) is 3. The van der Waals surface area contributed by atoms with E-state index in [9.17, 15) is 4.79 Å². The summed E-state index contributed by atoms with van der Waals surface area (Å²) in [6.45, 7) is 5.19. The van der Waals surface area contributed by atoms with E-state index in [0.29, 0.717) is 32.8 Å². The molecular formula is C20H31N3O4. The molecule has 1 atom stereocenters. The molecule has 0 saturated carbocycles. The Morgan fingerprint density at radius 2 is 1.78 bits per heavy atom. The molecule has 1 N–H and O–H groups in total. The van der Waals surface area contributed by atoms with Crippen molar-refractivity contribution in [3.05, 3.63) is 23.8 Å². The van der Waals surface area contributed by atoms with Crippen LogP contribution in [0, 0.1) is 0 Å². The number of methoxy groups -OCH3 is 2. The second kappa shape index (κ2) is 9.80. The SMILES string of the molecule is COc1ccc(C(CNC(=O)N2CCOCC2)N2CCCCC2)cc1OC. The summed E-state index contributed by atoms with van der Waals surface area (Å²) >= 11 is 0. The minimum atomic E-state index is -0.0132. The number of carbonyl (C=O) groups excluding carboxylic acids is 1. The summed E-state index contributed by atoms with van der Waals surface area (Å²) in [5, 5.41) is 3.13. The molecule has 2 amide bonds. The van der Waals surface area contributed by atoms with Crippen LogP contribution in [0.5, 0.6) is 11.5 Å². The van der Waals surface area contributed by atoms with E-state index in [1.54, 1.807) is 14.2 Å². The number of likely N-dealkylation sites (tertiary alicyclic amines) is 1. The largest absolute Gasteiger partial charge is 0.493 e. The highest BCUT2D eigenvalue weighted by Gasteiger charge is 2.25. The number of benzene rings is 1. The van der Waals surface area contributed by atoms with Gasteiger partial charge in [0, 0.05) is 19.6 Å². The van der Waals surface area contributed by atoms with Gasteiger partial charge in [0.05, 0.1) is 33.5 Å². The van der Waals surface area contributed by atoms with E-state index in [2.05, 4.69) is 16.3 Å². The highest BCUT2D eigenvalue weighted by Crippen LogP contribution is 2.32. The normalized spacial score (nSPS) is 19.4. The molecule has 27 heavy (non-hydrogen) atoms. The third kappa shape index (κ3) is 5.05. The quantitative estimate of drug-likeness (QED) is 0.824. The number of piperidine rings is 1. The van der Waals surface area contributed by atoms with Crippen LogP contribution in [0.3, 0.4) is 0 Å². The molecule has 1 unspecified atom stereocenters. The Hall–Kier alpha value is -1.99. The molecule has 1 aromatic rings. The number of nitrogens with zero attached hydrogens (tertiary/aromatic N) is 2. The summed E-state index contributed by atoms with van der Waals surface area (Å²) in [6, 6.07) is 6.14. The first-order chi connectivity index (χ1) is 13.2. The standard InChI is InChI=1S/C20H31N3O4/c1-25-18-7-6-16(14-19(18)26-2)17(22-8-4-3-5-9-22)15-21-20(24)23-10-12-27-13-11-23/h6-7,14,17H,3-5,8-13,15H2,1-2H3,(H,21,24). The van der Waals surface area contributed by atoms with Gasteiger partial charge >= 0.3 is 6.03 Å². The lowest BCUT2D eigenvalue weighted by Gasteiger charge is -2.36. The van der Waals surface area contributed by atoms with Gasteiger partial charge in [-0.25, -0.2) is 4.79 Å². The maximum Gasteiger partial charge on any atom is 0.317 e. The van der Waals surface area contributed by atoms with Crippen LogP contribution in [-0.2, 0) is 4.74 Å². The average Bonchev–Trinajstić information content (AvgIpc) is 2.75. The van der Waals surface area contributed by atoms with Gasteiger partial charge in [-0.3, -0.25) is 4.90 Å². The molecule has 0 bridgehead atoms. The summed E-state index contributed by atoms with van der Waals surface area (Å²) in [6.07, 6.45) is 3.66. The summed E-state index contributed by atoms with van der Waals surface area (Å²) < 4.78 is 16.2. The van der Waals surface area contributed by atoms with E-state index < -0.39 is 0 Å². The molecule has 3 rings (SSSR count). The number of hydrogen-bond acceptors (Lipinski definition) is 5. The lowest BCUT2D eigenvalue weighted by atomic mass is 10.0. The molecule has 0 spiro atoms. The van der Waals surface area contributed by atoms with Crippen molar-refractivity contribution in [2.45, 2.75) is 25.3 Å². The fourth-order valence-corrected chi connectivity index (χ4v) is 3.81. The molecule has 2 fully saturated rings. The van der Waals surface area contributed by atoms with E-state index in [-0.39, 0.29) is 12.1 Å². The van der Waals surface area contributed by atoms with Crippen LogP contribution in [0.1, 0.15) is 30.9 Å². The Morgan fingerprint density at radius 3 is 2.44 bits per heavy atom. The van der Waals surface area contributed by atoms with Crippen LogP contribution in [-0.4, -0.2) is 76.0 Å². The molecule has 7 nitrogen and oxygen atoms in total. The molecule has 2 aliphatic heterocycles. The first-order valence-corrected chi connectivity index (χ1v) is 9.79. The van der Waals surface area contributed by atoms with Crippen molar-refractivity contribution in [3.8, 4) is 11.5 Å². The fourth-order valence-electron chi connectivity index (χ4n) is 3.81. The monoisotopic (exact) mass is 377 g/mol. The Morgan fingerprint density at radius 1 is 1.07 bits per heavy atom. The van der Waals surface area contributed by atoms with Gasteiger partial charge < -0.3 is 24.4 Å². The minimum absolute atomic E-state index is 0.0132. The molecule has 150 valence electrons. The number of nitrogens with one attached hydrogen (secondary N) is 1. The highest BCUT2D eigenvalue weighted by atomic mass is 16.5. The summed E-state index contributed by atoms with van der Waals surface area (Å²) in [7, 11) is 3.29. The lowest BCUT2D eigenvalue weighted by Crippen LogP contribution is -2.48. The van der Waals surface area contributed by atoms with Gasteiger partial charge in [-0.05, 0) is 43.6 Å². The molecular weight excluding hydrogens is 346 g/mol. The maximum absolute atomic E-state index is 12.5. The van der Waals surface area contributed by atoms with Crippen molar-refractivity contribution in [2.75, 3.05) is 60.2 Å². The van der Waals surface area contributed by atoms with Gasteiger partial charge in [-0.1, -0.05) is 12.5 Å². The number of urea groups is 1. The molecule has 0 aliphatic carbocycles. The van der Waals surface area contributed by atoms with Gasteiger partial charge in [-0.15, -0.1) is 0 Å². The Kier molecular flexibility index (Phi) is 7.18. The second-order valence-electron chi connectivity index (χ2n) is 7.01. The first kappa shape index (κ1) is 19.8. The number of carbonyl (C=O) groups is 1. The predicted molar refractivity (Wildman–Crippen MR) is 104 cm³/mol. The van der Waals surface area contributed by atoms with E-state index in [1.165, 1.54) is 19.3 Å². The molecule has 7 heteroatoms. The van der Waals surface area contributed by atoms with E-state index in [0.717, 1.165) is 30.2 Å². The van der Waals surface area contributed by atoms with Crippen LogP contribution >= 0.6 is 0 Å². The van der Waals surface area contributed by atoms with Crippen molar-refractivity contribution >= 4 is 6.03 Å². The van der Waals surface area contributed by atoms with Crippen molar-refractivity contribution in [1.82, 2.24) is 15.1 Å². The Balaban J connectivity index is 1.73. The van der Waals surface area contributed by atoms with Crippen LogP contribution in [0.4, 0.5) is 4.79 Å². The molecule has 2 heterocycles. The number of hydrogen-bond donors (Lipinski definition) is 1. The predicted octanol–water partition coefficient (Wildman–Crippen LogP) is 2.27. The van der Waals surface area contributed by atoms with Crippen LogP contribution in [0.25, 0.3) is 0 Å². The van der Waals surface area contributed by atoms with E-state index in [4.69, 9.17) is 14.2 Å². The zero-order valence-corrected chi connectivity index (χ0v) is 16.4. The van der Waals surface area contributed by atoms with Gasteiger partial charge in [-0.2, -0.15) is 0 Å². The zero-order chi connectivity index (χ0) is 19.1.